The lowest BCUT2D eigenvalue weighted by Gasteiger charge is -2.23. The van der Waals surface area contributed by atoms with Gasteiger partial charge in [-0.05, 0) is 24.7 Å². The van der Waals surface area contributed by atoms with Crippen LogP contribution < -0.4 is 0 Å². The SMILES string of the molecule is C=CC1CCC(C)CC1.[HH]. The van der Waals surface area contributed by atoms with E-state index in [1.54, 1.807) is 0 Å². The Morgan fingerprint density at radius 2 is 1.89 bits per heavy atom. The first-order chi connectivity index (χ1) is 4.33. The molecule has 0 aromatic carbocycles. The van der Waals surface area contributed by atoms with Crippen molar-refractivity contribution in [3.8, 4) is 0 Å². The van der Waals surface area contributed by atoms with Crippen LogP contribution in [0.15, 0.2) is 12.7 Å². The van der Waals surface area contributed by atoms with Crippen LogP contribution in [0.25, 0.3) is 0 Å². The van der Waals surface area contributed by atoms with Crippen LogP contribution in [-0.4, -0.2) is 0 Å². The molecule has 0 unspecified atom stereocenters. The molecular formula is C9H18. The summed E-state index contributed by atoms with van der Waals surface area (Å²) in [5.41, 5.74) is 0. The third-order valence-electron chi connectivity index (χ3n) is 2.39. The highest BCUT2D eigenvalue weighted by molar-refractivity contribution is 4.82. The Balaban J connectivity index is 0.000000810. The van der Waals surface area contributed by atoms with Crippen LogP contribution in [0.4, 0.5) is 0 Å². The van der Waals surface area contributed by atoms with Gasteiger partial charge in [-0.15, -0.1) is 6.58 Å². The molecule has 1 aliphatic carbocycles. The van der Waals surface area contributed by atoms with Crippen LogP contribution in [0.5, 0.6) is 0 Å². The molecule has 0 saturated heterocycles. The van der Waals surface area contributed by atoms with Gasteiger partial charge < -0.3 is 0 Å². The third kappa shape index (κ3) is 1.85. The summed E-state index contributed by atoms with van der Waals surface area (Å²) in [5.74, 6) is 1.81. The summed E-state index contributed by atoms with van der Waals surface area (Å²) in [6, 6.07) is 0. The van der Waals surface area contributed by atoms with Crippen LogP contribution in [0.3, 0.4) is 0 Å². The van der Waals surface area contributed by atoms with Gasteiger partial charge >= 0.3 is 0 Å². The molecule has 9 heavy (non-hydrogen) atoms. The zero-order valence-electron chi connectivity index (χ0n) is 6.27. The molecule has 1 rings (SSSR count). The predicted octanol–water partition coefficient (Wildman–Crippen LogP) is 3.24. The Morgan fingerprint density at radius 1 is 1.33 bits per heavy atom. The standard InChI is InChI=1S/C9H16.H2/c1-3-9-6-4-8(2)5-7-9;/h3,8-9H,1,4-7H2,2H3;1H. The van der Waals surface area contributed by atoms with Crippen molar-refractivity contribution in [2.24, 2.45) is 11.8 Å². The van der Waals surface area contributed by atoms with Gasteiger partial charge in [0.1, 0.15) is 0 Å². The Kier molecular flexibility index (Phi) is 2.32. The second-order valence-corrected chi connectivity index (χ2v) is 3.26. The smallest absolute Gasteiger partial charge is 0 e. The van der Waals surface area contributed by atoms with E-state index in [0.29, 0.717) is 0 Å². The van der Waals surface area contributed by atoms with E-state index in [-0.39, 0.29) is 1.43 Å². The summed E-state index contributed by atoms with van der Waals surface area (Å²) >= 11 is 0. The van der Waals surface area contributed by atoms with E-state index in [2.05, 4.69) is 19.6 Å². The summed E-state index contributed by atoms with van der Waals surface area (Å²) < 4.78 is 0. The highest BCUT2D eigenvalue weighted by Crippen LogP contribution is 2.28. The van der Waals surface area contributed by atoms with Gasteiger partial charge in [-0.2, -0.15) is 0 Å². The first-order valence-corrected chi connectivity index (χ1v) is 3.95. The Labute approximate surface area is 59.4 Å². The molecule has 0 amide bonds. The van der Waals surface area contributed by atoms with E-state index in [9.17, 15) is 0 Å². The van der Waals surface area contributed by atoms with Crippen LogP contribution in [-0.2, 0) is 0 Å². The van der Waals surface area contributed by atoms with Gasteiger partial charge in [-0.3, -0.25) is 0 Å². The molecule has 54 valence electrons. The van der Waals surface area contributed by atoms with E-state index in [4.69, 9.17) is 0 Å². The number of allylic oxidation sites excluding steroid dienone is 1. The third-order valence-corrected chi connectivity index (χ3v) is 2.39. The minimum absolute atomic E-state index is 0. The zero-order valence-corrected chi connectivity index (χ0v) is 6.27. The lowest BCUT2D eigenvalue weighted by molar-refractivity contribution is 0.331. The van der Waals surface area contributed by atoms with Gasteiger partial charge in [-0.25, -0.2) is 0 Å². The maximum Gasteiger partial charge on any atom is 0 e. The maximum absolute atomic E-state index is 3.81. The molecule has 0 spiro atoms. The molecule has 1 fully saturated rings. The first kappa shape index (κ1) is 6.85. The minimum Gasteiger partial charge on any atom is -0.103 e. The lowest BCUT2D eigenvalue weighted by atomic mass is 9.83. The van der Waals surface area contributed by atoms with Gasteiger partial charge in [0.05, 0.1) is 0 Å². The summed E-state index contributed by atoms with van der Waals surface area (Å²) in [4.78, 5) is 0. The van der Waals surface area contributed by atoms with E-state index in [1.807, 2.05) is 0 Å². The molecule has 0 nitrogen and oxygen atoms in total. The van der Waals surface area contributed by atoms with Gasteiger partial charge in [0.15, 0.2) is 0 Å². The number of hydrogen-bond acceptors (Lipinski definition) is 0. The fraction of sp³-hybridized carbons (Fsp3) is 0.778. The highest BCUT2D eigenvalue weighted by Gasteiger charge is 2.14. The van der Waals surface area contributed by atoms with Crippen LogP contribution >= 0.6 is 0 Å². The van der Waals surface area contributed by atoms with Crippen LogP contribution in [0.1, 0.15) is 34.0 Å². The molecule has 0 N–H and O–H groups in total. The topological polar surface area (TPSA) is 0 Å². The molecular weight excluding hydrogens is 108 g/mol. The van der Waals surface area contributed by atoms with Gasteiger partial charge in [0.2, 0.25) is 0 Å². The predicted molar refractivity (Wildman–Crippen MR) is 43.4 cm³/mol. The van der Waals surface area contributed by atoms with E-state index in [0.717, 1.165) is 11.8 Å². The molecule has 0 bridgehead atoms. The number of rotatable bonds is 1. The van der Waals surface area contributed by atoms with Crippen molar-refractivity contribution >= 4 is 0 Å². The van der Waals surface area contributed by atoms with Crippen molar-refractivity contribution in [3.05, 3.63) is 12.7 Å². The van der Waals surface area contributed by atoms with Gasteiger partial charge in [0.25, 0.3) is 0 Å². The molecule has 0 aliphatic heterocycles. The fourth-order valence-corrected chi connectivity index (χ4v) is 1.52. The average Bonchev–Trinajstić information content (AvgIpc) is 1.90. The molecule has 0 aromatic heterocycles. The van der Waals surface area contributed by atoms with E-state index >= 15 is 0 Å². The second-order valence-electron chi connectivity index (χ2n) is 3.26. The molecule has 1 aliphatic rings. The lowest BCUT2D eigenvalue weighted by Crippen LogP contribution is -2.09. The number of hydrogen-bond donors (Lipinski definition) is 0. The molecule has 0 atom stereocenters. The average molecular weight is 126 g/mol. The first-order valence-electron chi connectivity index (χ1n) is 3.95. The Bertz CT molecular complexity index is 90.9. The van der Waals surface area contributed by atoms with Crippen molar-refractivity contribution in [3.63, 3.8) is 0 Å². The zero-order chi connectivity index (χ0) is 6.69. The normalized spacial score (nSPS) is 36.1. The molecule has 1 saturated carbocycles. The van der Waals surface area contributed by atoms with Crippen LogP contribution in [0.2, 0.25) is 0 Å². The maximum atomic E-state index is 3.81. The largest absolute Gasteiger partial charge is 0.103 e. The molecule has 0 radical (unpaired) electrons. The Morgan fingerprint density at radius 3 is 2.33 bits per heavy atom. The molecule has 0 heteroatoms. The van der Waals surface area contributed by atoms with Gasteiger partial charge in [0, 0.05) is 1.43 Å². The molecule has 0 heterocycles. The van der Waals surface area contributed by atoms with Crippen molar-refractivity contribution in [1.29, 1.82) is 0 Å². The monoisotopic (exact) mass is 126 g/mol. The quantitative estimate of drug-likeness (QED) is 0.473. The summed E-state index contributed by atoms with van der Waals surface area (Å²) in [7, 11) is 0. The molecule has 0 aromatic rings. The van der Waals surface area contributed by atoms with Crippen molar-refractivity contribution in [2.75, 3.05) is 0 Å². The fourth-order valence-electron chi connectivity index (χ4n) is 1.52. The van der Waals surface area contributed by atoms with Crippen molar-refractivity contribution in [2.45, 2.75) is 32.6 Å². The van der Waals surface area contributed by atoms with Crippen LogP contribution in [0, 0.1) is 11.8 Å². The highest BCUT2D eigenvalue weighted by atomic mass is 14.2. The van der Waals surface area contributed by atoms with Gasteiger partial charge in [-0.1, -0.05) is 25.8 Å². The van der Waals surface area contributed by atoms with Crippen molar-refractivity contribution < 1.29 is 1.43 Å². The van der Waals surface area contributed by atoms with E-state index < -0.39 is 0 Å². The second kappa shape index (κ2) is 3.05. The summed E-state index contributed by atoms with van der Waals surface area (Å²) in [6.07, 6.45) is 7.70. The Hall–Kier alpha value is -0.260. The summed E-state index contributed by atoms with van der Waals surface area (Å²) in [5, 5.41) is 0. The minimum atomic E-state index is 0. The summed E-state index contributed by atoms with van der Waals surface area (Å²) in [6.45, 7) is 6.16. The van der Waals surface area contributed by atoms with E-state index in [1.165, 1.54) is 25.7 Å². The van der Waals surface area contributed by atoms with Crippen molar-refractivity contribution in [1.82, 2.24) is 0 Å².